The summed E-state index contributed by atoms with van der Waals surface area (Å²) in [6.45, 7) is 0. The lowest BCUT2D eigenvalue weighted by Crippen LogP contribution is -1.98. The average Bonchev–Trinajstić information content (AvgIpc) is 2.47. The summed E-state index contributed by atoms with van der Waals surface area (Å²) in [6, 6.07) is 5.53. The van der Waals surface area contributed by atoms with Crippen LogP contribution in [-0.2, 0) is 11.2 Å². The van der Waals surface area contributed by atoms with Crippen molar-refractivity contribution in [2.75, 3.05) is 0 Å². The Morgan fingerprint density at radius 2 is 2.29 bits per heavy atom. The Bertz CT molecular complexity index is 487. The van der Waals surface area contributed by atoms with E-state index < -0.39 is 5.97 Å². The molecule has 2 aromatic rings. The third kappa shape index (κ3) is 1.65. The number of furan rings is 1. The monoisotopic (exact) mass is 254 g/mol. The van der Waals surface area contributed by atoms with Gasteiger partial charge in [-0.3, -0.25) is 4.79 Å². The Morgan fingerprint density at radius 1 is 1.50 bits per heavy atom. The maximum absolute atomic E-state index is 10.5. The number of halogens is 1. The van der Waals surface area contributed by atoms with Gasteiger partial charge in [-0.1, -0.05) is 15.9 Å². The number of carboxylic acids is 1. The van der Waals surface area contributed by atoms with Gasteiger partial charge in [-0.25, -0.2) is 0 Å². The van der Waals surface area contributed by atoms with E-state index in [9.17, 15) is 4.79 Å². The maximum atomic E-state index is 10.5. The van der Waals surface area contributed by atoms with Crippen molar-refractivity contribution in [2.24, 2.45) is 0 Å². The highest BCUT2D eigenvalue weighted by atomic mass is 79.9. The van der Waals surface area contributed by atoms with Crippen molar-refractivity contribution in [1.29, 1.82) is 0 Å². The lowest BCUT2D eigenvalue weighted by atomic mass is 10.1. The first-order valence-corrected chi connectivity index (χ1v) is 4.83. The quantitative estimate of drug-likeness (QED) is 0.897. The third-order valence-corrected chi connectivity index (χ3v) is 2.45. The van der Waals surface area contributed by atoms with E-state index in [0.29, 0.717) is 11.1 Å². The molecule has 0 saturated carbocycles. The van der Waals surface area contributed by atoms with Gasteiger partial charge in [0, 0.05) is 15.4 Å². The first-order valence-electron chi connectivity index (χ1n) is 4.04. The molecule has 0 saturated heterocycles. The molecule has 0 aliphatic heterocycles. The van der Waals surface area contributed by atoms with Crippen molar-refractivity contribution in [3.63, 3.8) is 0 Å². The van der Waals surface area contributed by atoms with Gasteiger partial charge in [0.1, 0.15) is 5.58 Å². The topological polar surface area (TPSA) is 50.4 Å². The van der Waals surface area contributed by atoms with Crippen LogP contribution in [0.2, 0.25) is 0 Å². The number of rotatable bonds is 2. The van der Waals surface area contributed by atoms with E-state index in [1.54, 1.807) is 0 Å². The molecule has 0 amide bonds. The van der Waals surface area contributed by atoms with Crippen molar-refractivity contribution in [3.8, 4) is 0 Å². The van der Waals surface area contributed by atoms with E-state index in [0.717, 1.165) is 9.86 Å². The highest BCUT2D eigenvalue weighted by molar-refractivity contribution is 9.10. The van der Waals surface area contributed by atoms with Crippen molar-refractivity contribution < 1.29 is 14.3 Å². The normalized spacial score (nSPS) is 10.6. The van der Waals surface area contributed by atoms with E-state index in [1.807, 2.05) is 18.2 Å². The predicted molar refractivity (Wildman–Crippen MR) is 55.3 cm³/mol. The summed E-state index contributed by atoms with van der Waals surface area (Å²) in [5.41, 5.74) is 1.41. The van der Waals surface area contributed by atoms with Crippen LogP contribution in [0, 0.1) is 0 Å². The van der Waals surface area contributed by atoms with Gasteiger partial charge < -0.3 is 9.52 Å². The largest absolute Gasteiger partial charge is 0.481 e. The van der Waals surface area contributed by atoms with E-state index in [1.165, 1.54) is 6.26 Å². The second-order valence-electron chi connectivity index (χ2n) is 2.97. The van der Waals surface area contributed by atoms with Crippen LogP contribution < -0.4 is 0 Å². The lowest BCUT2D eigenvalue weighted by Gasteiger charge is -1.93. The van der Waals surface area contributed by atoms with Gasteiger partial charge in [-0.05, 0) is 18.2 Å². The summed E-state index contributed by atoms with van der Waals surface area (Å²) < 4.78 is 6.16. The third-order valence-electron chi connectivity index (χ3n) is 1.96. The molecule has 1 aromatic carbocycles. The van der Waals surface area contributed by atoms with Gasteiger partial charge in [0.2, 0.25) is 0 Å². The van der Waals surface area contributed by atoms with E-state index in [4.69, 9.17) is 9.52 Å². The molecule has 0 bridgehead atoms. The minimum Gasteiger partial charge on any atom is -0.481 e. The molecule has 1 N–H and O–H groups in total. The van der Waals surface area contributed by atoms with Crippen molar-refractivity contribution in [2.45, 2.75) is 6.42 Å². The second kappa shape index (κ2) is 3.46. The predicted octanol–water partition coefficient (Wildman–Crippen LogP) is 2.82. The summed E-state index contributed by atoms with van der Waals surface area (Å²) in [5, 5.41) is 9.51. The van der Waals surface area contributed by atoms with Crippen molar-refractivity contribution >= 4 is 32.9 Å². The summed E-state index contributed by atoms with van der Waals surface area (Å²) in [4.78, 5) is 10.5. The Balaban J connectivity index is 2.52. The van der Waals surface area contributed by atoms with Crippen LogP contribution in [0.25, 0.3) is 11.0 Å². The SMILES string of the molecule is O=C(O)Cc1coc2cc(Br)ccc12. The fourth-order valence-corrected chi connectivity index (χ4v) is 1.70. The summed E-state index contributed by atoms with van der Waals surface area (Å²) in [6.07, 6.45) is 1.49. The first-order chi connectivity index (χ1) is 6.66. The molecule has 0 unspecified atom stereocenters. The molecule has 1 aromatic heterocycles. The van der Waals surface area contributed by atoms with E-state index >= 15 is 0 Å². The molecule has 0 spiro atoms. The molecular formula is C10H7BrO3. The molecular weight excluding hydrogens is 248 g/mol. The van der Waals surface area contributed by atoms with Crippen molar-refractivity contribution in [3.05, 3.63) is 34.5 Å². The Kier molecular flexibility index (Phi) is 2.29. The number of aliphatic carboxylic acids is 1. The maximum Gasteiger partial charge on any atom is 0.307 e. The molecule has 3 nitrogen and oxygen atoms in total. The van der Waals surface area contributed by atoms with Gasteiger partial charge in [-0.15, -0.1) is 0 Å². The molecule has 0 radical (unpaired) electrons. The van der Waals surface area contributed by atoms with Crippen LogP contribution in [0.5, 0.6) is 0 Å². The van der Waals surface area contributed by atoms with Gasteiger partial charge in [0.15, 0.2) is 0 Å². The zero-order valence-corrected chi connectivity index (χ0v) is 8.74. The fraction of sp³-hybridized carbons (Fsp3) is 0.100. The Labute approximate surface area is 88.5 Å². The number of carboxylic acid groups (broad SMARTS) is 1. The Morgan fingerprint density at radius 3 is 3.00 bits per heavy atom. The molecule has 4 heteroatoms. The zero-order chi connectivity index (χ0) is 10.1. The molecule has 72 valence electrons. The number of carbonyl (C=O) groups is 1. The number of fused-ring (bicyclic) bond motifs is 1. The van der Waals surface area contributed by atoms with Crippen LogP contribution in [0.1, 0.15) is 5.56 Å². The lowest BCUT2D eigenvalue weighted by molar-refractivity contribution is -0.136. The average molecular weight is 255 g/mol. The van der Waals surface area contributed by atoms with E-state index in [2.05, 4.69) is 15.9 Å². The molecule has 0 aliphatic rings. The van der Waals surface area contributed by atoms with Gasteiger partial charge in [0.05, 0.1) is 12.7 Å². The molecule has 1 heterocycles. The number of hydrogen-bond donors (Lipinski definition) is 1. The minimum atomic E-state index is -0.851. The van der Waals surface area contributed by atoms with Crippen LogP contribution >= 0.6 is 15.9 Å². The summed E-state index contributed by atoms with van der Waals surface area (Å²) >= 11 is 3.32. The first kappa shape index (κ1) is 9.27. The van der Waals surface area contributed by atoms with Gasteiger partial charge >= 0.3 is 5.97 Å². The fourth-order valence-electron chi connectivity index (χ4n) is 1.36. The molecule has 0 fully saturated rings. The summed E-state index contributed by atoms with van der Waals surface area (Å²) in [5.74, 6) is -0.851. The van der Waals surface area contributed by atoms with Gasteiger partial charge in [0.25, 0.3) is 0 Å². The minimum absolute atomic E-state index is 0.00533. The molecule has 0 atom stereocenters. The highest BCUT2D eigenvalue weighted by Crippen LogP contribution is 2.24. The molecule has 14 heavy (non-hydrogen) atoms. The smallest absolute Gasteiger partial charge is 0.307 e. The number of hydrogen-bond acceptors (Lipinski definition) is 2. The van der Waals surface area contributed by atoms with Crippen molar-refractivity contribution in [1.82, 2.24) is 0 Å². The standard InChI is InChI=1S/C10H7BrO3/c11-7-1-2-8-6(3-10(12)13)5-14-9(8)4-7/h1-2,4-5H,3H2,(H,12,13). The molecule has 2 rings (SSSR count). The zero-order valence-electron chi connectivity index (χ0n) is 7.16. The number of benzene rings is 1. The van der Waals surface area contributed by atoms with Crippen LogP contribution in [0.4, 0.5) is 0 Å². The highest BCUT2D eigenvalue weighted by Gasteiger charge is 2.08. The second-order valence-corrected chi connectivity index (χ2v) is 3.89. The van der Waals surface area contributed by atoms with E-state index in [-0.39, 0.29) is 6.42 Å². The van der Waals surface area contributed by atoms with Crippen LogP contribution in [0.3, 0.4) is 0 Å². The molecule has 0 aliphatic carbocycles. The van der Waals surface area contributed by atoms with Crippen LogP contribution in [0.15, 0.2) is 33.4 Å². The van der Waals surface area contributed by atoms with Crippen LogP contribution in [-0.4, -0.2) is 11.1 Å². The van der Waals surface area contributed by atoms with Gasteiger partial charge in [-0.2, -0.15) is 0 Å². The summed E-state index contributed by atoms with van der Waals surface area (Å²) in [7, 11) is 0. The Hall–Kier alpha value is -1.29.